The highest BCUT2D eigenvalue weighted by Crippen LogP contribution is 2.16. The van der Waals surface area contributed by atoms with Crippen molar-refractivity contribution in [3.05, 3.63) is 48.4 Å². The minimum Gasteiger partial charge on any atom is -0.471 e. The number of likely N-dealkylation sites (tertiary alicyclic amines) is 1. The van der Waals surface area contributed by atoms with E-state index in [2.05, 4.69) is 15.2 Å². The highest BCUT2D eigenvalue weighted by molar-refractivity contribution is 5.79. The summed E-state index contributed by atoms with van der Waals surface area (Å²) in [7, 11) is 0. The van der Waals surface area contributed by atoms with E-state index >= 15 is 0 Å². The average molecular weight is 284 g/mol. The van der Waals surface area contributed by atoms with E-state index in [-0.39, 0.29) is 12.0 Å². The summed E-state index contributed by atoms with van der Waals surface area (Å²) in [5.41, 5.74) is 0.931. The molecule has 3 rings (SSSR count). The summed E-state index contributed by atoms with van der Waals surface area (Å²) in [6, 6.07) is 7.30. The monoisotopic (exact) mass is 284 g/mol. The van der Waals surface area contributed by atoms with Crippen LogP contribution in [0.2, 0.25) is 0 Å². The molecule has 21 heavy (non-hydrogen) atoms. The van der Waals surface area contributed by atoms with Crippen molar-refractivity contribution in [2.45, 2.75) is 18.9 Å². The van der Waals surface area contributed by atoms with Gasteiger partial charge in [-0.3, -0.25) is 9.78 Å². The van der Waals surface area contributed by atoms with Gasteiger partial charge in [0.1, 0.15) is 6.10 Å². The van der Waals surface area contributed by atoms with Crippen molar-refractivity contribution in [2.75, 3.05) is 13.1 Å². The Balaban J connectivity index is 1.53. The molecule has 1 aliphatic rings. The van der Waals surface area contributed by atoms with Gasteiger partial charge < -0.3 is 9.64 Å². The normalized spacial score (nSPS) is 17.7. The zero-order chi connectivity index (χ0) is 14.5. The lowest BCUT2D eigenvalue weighted by atomic mass is 10.2. The van der Waals surface area contributed by atoms with E-state index in [1.54, 1.807) is 30.7 Å². The second kappa shape index (κ2) is 6.30. The first-order valence-electron chi connectivity index (χ1n) is 6.92. The molecule has 0 saturated carbocycles. The third-order valence-corrected chi connectivity index (χ3v) is 3.41. The van der Waals surface area contributed by atoms with Crippen LogP contribution >= 0.6 is 0 Å². The Morgan fingerprint density at radius 1 is 1.33 bits per heavy atom. The predicted octanol–water partition coefficient (Wildman–Crippen LogP) is 1.09. The maximum atomic E-state index is 12.2. The van der Waals surface area contributed by atoms with Gasteiger partial charge in [0, 0.05) is 37.6 Å². The number of pyridine rings is 1. The predicted molar refractivity (Wildman–Crippen MR) is 75.6 cm³/mol. The van der Waals surface area contributed by atoms with Crippen LogP contribution in [0.5, 0.6) is 5.88 Å². The topological polar surface area (TPSA) is 68.2 Å². The molecule has 0 spiro atoms. The van der Waals surface area contributed by atoms with Crippen molar-refractivity contribution < 1.29 is 9.53 Å². The number of aromatic nitrogens is 3. The van der Waals surface area contributed by atoms with Crippen molar-refractivity contribution in [3.63, 3.8) is 0 Å². The molecule has 3 heterocycles. The molecule has 108 valence electrons. The van der Waals surface area contributed by atoms with Crippen LogP contribution in [-0.2, 0) is 11.2 Å². The number of carbonyl (C=O) groups is 1. The van der Waals surface area contributed by atoms with Crippen LogP contribution < -0.4 is 4.74 Å². The van der Waals surface area contributed by atoms with Gasteiger partial charge in [-0.25, -0.2) is 0 Å². The Morgan fingerprint density at radius 3 is 3.00 bits per heavy atom. The lowest BCUT2D eigenvalue weighted by molar-refractivity contribution is -0.129. The first-order valence-corrected chi connectivity index (χ1v) is 6.92. The van der Waals surface area contributed by atoms with Crippen molar-refractivity contribution in [1.29, 1.82) is 0 Å². The van der Waals surface area contributed by atoms with Gasteiger partial charge in [-0.1, -0.05) is 6.07 Å². The Morgan fingerprint density at radius 2 is 2.24 bits per heavy atom. The molecule has 1 atom stereocenters. The summed E-state index contributed by atoms with van der Waals surface area (Å²) < 4.78 is 5.73. The molecule has 1 saturated heterocycles. The molecule has 6 nitrogen and oxygen atoms in total. The van der Waals surface area contributed by atoms with Crippen molar-refractivity contribution in [3.8, 4) is 5.88 Å². The Labute approximate surface area is 122 Å². The average Bonchev–Trinajstić information content (AvgIpc) is 2.98. The number of nitrogens with zero attached hydrogens (tertiary/aromatic N) is 4. The molecular weight excluding hydrogens is 268 g/mol. The Hall–Kier alpha value is -2.50. The molecule has 0 aromatic carbocycles. The molecular formula is C15H16N4O2. The van der Waals surface area contributed by atoms with E-state index in [1.807, 2.05) is 17.0 Å². The van der Waals surface area contributed by atoms with Crippen LogP contribution in [0.3, 0.4) is 0 Å². The molecule has 6 heteroatoms. The number of hydrogen-bond donors (Lipinski definition) is 0. The molecule has 1 amide bonds. The summed E-state index contributed by atoms with van der Waals surface area (Å²) in [6.45, 7) is 1.31. The van der Waals surface area contributed by atoms with Gasteiger partial charge in [0.25, 0.3) is 0 Å². The fourth-order valence-electron chi connectivity index (χ4n) is 2.36. The minimum absolute atomic E-state index is 0.0143. The Bertz CT molecular complexity index is 591. The smallest absolute Gasteiger partial charge is 0.233 e. The standard InChI is InChI=1S/C15H16N4O2/c20-15(9-12-3-1-6-16-10-12)19-8-5-13(11-19)21-14-4-2-7-17-18-14/h1-4,6-7,10,13H,5,8-9,11H2/t13-/m0/s1. The summed E-state index contributed by atoms with van der Waals surface area (Å²) in [5.74, 6) is 0.609. The molecule has 2 aromatic heterocycles. The molecule has 0 bridgehead atoms. The van der Waals surface area contributed by atoms with E-state index < -0.39 is 0 Å². The zero-order valence-electron chi connectivity index (χ0n) is 11.6. The van der Waals surface area contributed by atoms with E-state index in [0.29, 0.717) is 25.4 Å². The van der Waals surface area contributed by atoms with E-state index in [9.17, 15) is 4.79 Å². The fraction of sp³-hybridized carbons (Fsp3) is 0.333. The second-order valence-corrected chi connectivity index (χ2v) is 4.97. The molecule has 2 aromatic rings. The van der Waals surface area contributed by atoms with Gasteiger partial charge in [-0.2, -0.15) is 5.10 Å². The molecule has 0 N–H and O–H groups in total. The van der Waals surface area contributed by atoms with Crippen molar-refractivity contribution in [2.24, 2.45) is 0 Å². The third kappa shape index (κ3) is 3.53. The van der Waals surface area contributed by atoms with Gasteiger partial charge in [0.15, 0.2) is 0 Å². The third-order valence-electron chi connectivity index (χ3n) is 3.41. The van der Waals surface area contributed by atoms with Crippen molar-refractivity contribution >= 4 is 5.91 Å². The zero-order valence-corrected chi connectivity index (χ0v) is 11.6. The first-order chi connectivity index (χ1) is 10.3. The van der Waals surface area contributed by atoms with Crippen LogP contribution in [0.4, 0.5) is 0 Å². The summed E-state index contributed by atoms with van der Waals surface area (Å²) in [6.07, 6.45) is 6.21. The number of rotatable bonds is 4. The largest absolute Gasteiger partial charge is 0.471 e. The Kier molecular flexibility index (Phi) is 4.04. The number of carbonyl (C=O) groups excluding carboxylic acids is 1. The maximum Gasteiger partial charge on any atom is 0.233 e. The molecule has 0 unspecified atom stereocenters. The van der Waals surface area contributed by atoms with Crippen LogP contribution in [0, 0.1) is 0 Å². The van der Waals surface area contributed by atoms with E-state index in [0.717, 1.165) is 12.0 Å². The summed E-state index contributed by atoms with van der Waals surface area (Å²) >= 11 is 0. The quantitative estimate of drug-likeness (QED) is 0.841. The fourth-order valence-corrected chi connectivity index (χ4v) is 2.36. The first kappa shape index (κ1) is 13.5. The van der Waals surface area contributed by atoms with Crippen LogP contribution in [-0.4, -0.2) is 45.2 Å². The van der Waals surface area contributed by atoms with Crippen LogP contribution in [0.1, 0.15) is 12.0 Å². The molecule has 0 radical (unpaired) electrons. The highest BCUT2D eigenvalue weighted by atomic mass is 16.5. The van der Waals surface area contributed by atoms with E-state index in [4.69, 9.17) is 4.74 Å². The molecule has 0 aliphatic carbocycles. The van der Waals surface area contributed by atoms with Gasteiger partial charge in [0.2, 0.25) is 11.8 Å². The summed E-state index contributed by atoms with van der Waals surface area (Å²) in [5, 5.41) is 7.67. The SMILES string of the molecule is O=C(Cc1cccnc1)N1CC[C@H](Oc2cccnn2)C1. The number of amides is 1. The maximum absolute atomic E-state index is 12.2. The minimum atomic E-state index is -0.0143. The van der Waals surface area contributed by atoms with Gasteiger partial charge in [0.05, 0.1) is 13.0 Å². The lowest BCUT2D eigenvalue weighted by Crippen LogP contribution is -2.32. The second-order valence-electron chi connectivity index (χ2n) is 4.97. The van der Waals surface area contributed by atoms with Gasteiger partial charge in [-0.05, 0) is 17.7 Å². The summed E-state index contributed by atoms with van der Waals surface area (Å²) in [4.78, 5) is 18.1. The lowest BCUT2D eigenvalue weighted by Gasteiger charge is -2.16. The molecule has 1 aliphatic heterocycles. The number of ether oxygens (including phenoxy) is 1. The van der Waals surface area contributed by atoms with E-state index in [1.165, 1.54) is 0 Å². The van der Waals surface area contributed by atoms with Crippen LogP contribution in [0.25, 0.3) is 0 Å². The highest BCUT2D eigenvalue weighted by Gasteiger charge is 2.27. The van der Waals surface area contributed by atoms with Gasteiger partial charge in [-0.15, -0.1) is 5.10 Å². The van der Waals surface area contributed by atoms with Gasteiger partial charge >= 0.3 is 0 Å². The number of hydrogen-bond acceptors (Lipinski definition) is 5. The van der Waals surface area contributed by atoms with Crippen molar-refractivity contribution in [1.82, 2.24) is 20.1 Å². The van der Waals surface area contributed by atoms with Crippen LogP contribution in [0.15, 0.2) is 42.9 Å². The molecule has 1 fully saturated rings.